The zero-order valence-electron chi connectivity index (χ0n) is 20.3. The fourth-order valence-corrected chi connectivity index (χ4v) is 3.16. The summed E-state index contributed by atoms with van der Waals surface area (Å²) in [4.78, 5) is 49.1. The van der Waals surface area contributed by atoms with E-state index in [1.165, 1.54) is 12.1 Å². The minimum Gasteiger partial charge on any atom is -0.490 e. The number of ether oxygens (including phenoxy) is 4. The molecule has 0 spiro atoms. The number of rotatable bonds is 14. The third-order valence-electron chi connectivity index (χ3n) is 4.72. The van der Waals surface area contributed by atoms with Gasteiger partial charge < -0.3 is 24.3 Å². The van der Waals surface area contributed by atoms with E-state index in [4.69, 9.17) is 18.9 Å². The minimum absolute atomic E-state index is 0.0412. The average Bonchev–Trinajstić information content (AvgIpc) is 2.86. The maximum absolute atomic E-state index is 13.2. The zero-order valence-corrected chi connectivity index (χ0v) is 20.3. The van der Waals surface area contributed by atoms with Crippen molar-refractivity contribution in [3.05, 3.63) is 59.2 Å². The number of hydrogen-bond donors (Lipinski definition) is 1. The van der Waals surface area contributed by atoms with Crippen LogP contribution in [0.5, 0.6) is 11.5 Å². The molecule has 2 aromatic carbocycles. The highest BCUT2D eigenvalue weighted by Crippen LogP contribution is 2.30. The number of carbonyl (C=O) groups excluding carboxylic acids is 4. The van der Waals surface area contributed by atoms with Crippen LogP contribution in [0.3, 0.4) is 0 Å². The van der Waals surface area contributed by atoms with Crippen molar-refractivity contribution < 1.29 is 38.1 Å². The van der Waals surface area contributed by atoms with Gasteiger partial charge in [0.05, 0.1) is 25.4 Å². The van der Waals surface area contributed by atoms with Crippen molar-refractivity contribution >= 4 is 23.6 Å². The second-order valence-corrected chi connectivity index (χ2v) is 7.24. The van der Waals surface area contributed by atoms with E-state index >= 15 is 0 Å². The highest BCUT2D eigenvalue weighted by atomic mass is 16.5. The third-order valence-corrected chi connectivity index (χ3v) is 4.72. The van der Waals surface area contributed by atoms with Gasteiger partial charge in [0, 0.05) is 24.1 Å². The molecule has 0 aliphatic rings. The molecule has 0 atom stereocenters. The Morgan fingerprint density at radius 2 is 1.49 bits per heavy atom. The Labute approximate surface area is 204 Å². The van der Waals surface area contributed by atoms with Crippen LogP contribution in [0.2, 0.25) is 0 Å². The molecule has 0 saturated carbocycles. The Bertz CT molecular complexity index is 1030. The van der Waals surface area contributed by atoms with Gasteiger partial charge in [-0.05, 0) is 51.5 Å². The standard InChI is InChI=1S/C26H31NO8/c1-4-32-21-14-13-18(16-22(21)33-5-2)25(30)19-10-7-8-11-20(19)26(31)35-17-23(28)27-15-9-12-24(29)34-6-3/h7-8,10-11,13-14,16H,4-6,9,12,15,17H2,1-3H3,(H,27,28). The molecule has 2 rings (SSSR count). The van der Waals surface area contributed by atoms with Crippen molar-refractivity contribution in [3.8, 4) is 11.5 Å². The Morgan fingerprint density at radius 1 is 0.800 bits per heavy atom. The Morgan fingerprint density at radius 3 is 2.17 bits per heavy atom. The van der Waals surface area contributed by atoms with E-state index < -0.39 is 24.3 Å². The van der Waals surface area contributed by atoms with Crippen LogP contribution in [0.25, 0.3) is 0 Å². The number of hydrogen-bond acceptors (Lipinski definition) is 8. The summed E-state index contributed by atoms with van der Waals surface area (Å²) in [5.74, 6) is -1.10. The Kier molecular flexibility index (Phi) is 11.3. The van der Waals surface area contributed by atoms with Crippen LogP contribution in [-0.4, -0.2) is 56.6 Å². The largest absolute Gasteiger partial charge is 0.490 e. The lowest BCUT2D eigenvalue weighted by Gasteiger charge is -2.13. The number of ketones is 1. The molecule has 9 nitrogen and oxygen atoms in total. The highest BCUT2D eigenvalue weighted by molar-refractivity contribution is 6.14. The summed E-state index contributed by atoms with van der Waals surface area (Å²) >= 11 is 0. The van der Waals surface area contributed by atoms with E-state index in [-0.39, 0.29) is 30.1 Å². The first-order valence-electron chi connectivity index (χ1n) is 11.5. The topological polar surface area (TPSA) is 117 Å². The lowest BCUT2D eigenvalue weighted by Crippen LogP contribution is -2.30. The van der Waals surface area contributed by atoms with E-state index in [0.29, 0.717) is 43.3 Å². The molecule has 0 fully saturated rings. The van der Waals surface area contributed by atoms with E-state index in [0.717, 1.165) is 0 Å². The smallest absolute Gasteiger partial charge is 0.339 e. The van der Waals surface area contributed by atoms with E-state index in [9.17, 15) is 19.2 Å². The number of nitrogens with one attached hydrogen (secondary N) is 1. The van der Waals surface area contributed by atoms with Gasteiger partial charge in [0.25, 0.3) is 5.91 Å². The molecule has 9 heteroatoms. The predicted octanol–water partition coefficient (Wildman–Crippen LogP) is 3.33. The molecule has 0 aromatic heterocycles. The molecular weight excluding hydrogens is 454 g/mol. The van der Waals surface area contributed by atoms with Crippen LogP contribution in [0, 0.1) is 0 Å². The molecule has 0 saturated heterocycles. The first-order valence-corrected chi connectivity index (χ1v) is 11.5. The second kappa shape index (κ2) is 14.4. The maximum Gasteiger partial charge on any atom is 0.339 e. The molecular formula is C26H31NO8. The molecule has 0 heterocycles. The average molecular weight is 486 g/mol. The molecule has 0 aliphatic heterocycles. The SMILES string of the molecule is CCOC(=O)CCCNC(=O)COC(=O)c1ccccc1C(=O)c1ccc(OCC)c(OCC)c1. The molecule has 188 valence electrons. The van der Waals surface area contributed by atoms with Crippen LogP contribution in [0.1, 0.15) is 59.9 Å². The maximum atomic E-state index is 13.2. The van der Waals surface area contributed by atoms with Crippen molar-refractivity contribution in [2.24, 2.45) is 0 Å². The predicted molar refractivity (Wildman–Crippen MR) is 128 cm³/mol. The normalized spacial score (nSPS) is 10.3. The summed E-state index contributed by atoms with van der Waals surface area (Å²) in [6.07, 6.45) is 0.585. The quantitative estimate of drug-likeness (QED) is 0.246. The van der Waals surface area contributed by atoms with Crippen molar-refractivity contribution in [3.63, 3.8) is 0 Å². The summed E-state index contributed by atoms with van der Waals surface area (Å²) in [7, 11) is 0. The molecule has 1 amide bonds. The first kappa shape index (κ1) is 27.4. The lowest BCUT2D eigenvalue weighted by molar-refractivity contribution is -0.143. The number of esters is 2. The van der Waals surface area contributed by atoms with Crippen molar-refractivity contribution in [2.45, 2.75) is 33.6 Å². The molecule has 0 radical (unpaired) electrons. The number of carbonyl (C=O) groups is 4. The fourth-order valence-electron chi connectivity index (χ4n) is 3.16. The van der Waals surface area contributed by atoms with E-state index in [2.05, 4.69) is 5.32 Å². The lowest BCUT2D eigenvalue weighted by atomic mass is 9.98. The monoisotopic (exact) mass is 485 g/mol. The van der Waals surface area contributed by atoms with Crippen LogP contribution in [0.4, 0.5) is 0 Å². The van der Waals surface area contributed by atoms with Gasteiger partial charge in [0.2, 0.25) is 0 Å². The fraction of sp³-hybridized carbons (Fsp3) is 0.385. The molecule has 2 aromatic rings. The molecule has 1 N–H and O–H groups in total. The van der Waals surface area contributed by atoms with Crippen LogP contribution in [0.15, 0.2) is 42.5 Å². The zero-order chi connectivity index (χ0) is 25.6. The van der Waals surface area contributed by atoms with Gasteiger partial charge in [0.1, 0.15) is 0 Å². The molecule has 0 bridgehead atoms. The van der Waals surface area contributed by atoms with Crippen LogP contribution >= 0.6 is 0 Å². The third kappa shape index (κ3) is 8.44. The van der Waals surface area contributed by atoms with Gasteiger partial charge in [-0.3, -0.25) is 14.4 Å². The summed E-state index contributed by atoms with van der Waals surface area (Å²) < 4.78 is 21.0. The van der Waals surface area contributed by atoms with Crippen molar-refractivity contribution in [1.82, 2.24) is 5.32 Å². The highest BCUT2D eigenvalue weighted by Gasteiger charge is 2.21. The molecule has 0 unspecified atom stereocenters. The van der Waals surface area contributed by atoms with Gasteiger partial charge in [0.15, 0.2) is 23.9 Å². The first-order chi connectivity index (χ1) is 16.9. The Balaban J connectivity index is 2.02. The summed E-state index contributed by atoms with van der Waals surface area (Å²) in [5, 5.41) is 2.57. The number of benzene rings is 2. The van der Waals surface area contributed by atoms with Crippen molar-refractivity contribution in [1.29, 1.82) is 0 Å². The van der Waals surface area contributed by atoms with Gasteiger partial charge in [-0.2, -0.15) is 0 Å². The summed E-state index contributed by atoms with van der Waals surface area (Å²) in [6, 6.07) is 11.0. The Hall–Kier alpha value is -3.88. The van der Waals surface area contributed by atoms with Gasteiger partial charge in [-0.15, -0.1) is 0 Å². The molecule has 35 heavy (non-hydrogen) atoms. The summed E-state index contributed by atoms with van der Waals surface area (Å²) in [5.41, 5.74) is 0.495. The van der Waals surface area contributed by atoms with Gasteiger partial charge >= 0.3 is 11.9 Å². The second-order valence-electron chi connectivity index (χ2n) is 7.24. The van der Waals surface area contributed by atoms with E-state index in [1.54, 1.807) is 37.3 Å². The summed E-state index contributed by atoms with van der Waals surface area (Å²) in [6.45, 7) is 6.26. The van der Waals surface area contributed by atoms with Crippen LogP contribution in [-0.2, 0) is 19.1 Å². The van der Waals surface area contributed by atoms with Crippen molar-refractivity contribution in [2.75, 3.05) is 33.0 Å². The van der Waals surface area contributed by atoms with Crippen LogP contribution < -0.4 is 14.8 Å². The number of amides is 1. The van der Waals surface area contributed by atoms with Gasteiger partial charge in [-0.1, -0.05) is 18.2 Å². The molecule has 0 aliphatic carbocycles. The minimum atomic E-state index is -0.799. The van der Waals surface area contributed by atoms with E-state index in [1.807, 2.05) is 13.8 Å². The van der Waals surface area contributed by atoms with Gasteiger partial charge in [-0.25, -0.2) is 4.79 Å².